The van der Waals surface area contributed by atoms with Crippen LogP contribution in [0.2, 0.25) is 0 Å². The largest absolute Gasteiger partial charge is 0.488 e. The van der Waals surface area contributed by atoms with Crippen molar-refractivity contribution in [3.8, 4) is 5.75 Å². The third-order valence-electron chi connectivity index (χ3n) is 4.37. The van der Waals surface area contributed by atoms with Crippen molar-refractivity contribution >= 4 is 5.91 Å². The molecule has 1 aliphatic rings. The fourth-order valence-corrected chi connectivity index (χ4v) is 3.05. The first-order valence-electron chi connectivity index (χ1n) is 8.96. The van der Waals surface area contributed by atoms with E-state index >= 15 is 0 Å². The molecule has 5 nitrogen and oxygen atoms in total. The van der Waals surface area contributed by atoms with Gasteiger partial charge in [-0.1, -0.05) is 18.7 Å². The number of para-hydroxylation sites is 1. The van der Waals surface area contributed by atoms with Crippen LogP contribution < -0.4 is 10.1 Å². The minimum absolute atomic E-state index is 0.0775. The van der Waals surface area contributed by atoms with Gasteiger partial charge in [-0.2, -0.15) is 0 Å². The smallest absolute Gasteiger partial charge is 0.255 e. The number of nitrogens with one attached hydrogen (secondary N) is 1. The molecule has 5 heteroatoms. The molecule has 1 N–H and O–H groups in total. The summed E-state index contributed by atoms with van der Waals surface area (Å²) in [6, 6.07) is 7.36. The molecule has 0 unspecified atom stereocenters. The first kappa shape index (κ1) is 19.5. The van der Waals surface area contributed by atoms with Crippen molar-refractivity contribution < 1.29 is 14.3 Å². The van der Waals surface area contributed by atoms with Crippen LogP contribution in [0.3, 0.4) is 0 Å². The number of ether oxygens (including phenoxy) is 2. The summed E-state index contributed by atoms with van der Waals surface area (Å²) in [5.41, 5.74) is 1.50. The minimum atomic E-state index is -0.0775. The van der Waals surface area contributed by atoms with Gasteiger partial charge in [-0.05, 0) is 49.9 Å². The molecule has 1 heterocycles. The molecule has 0 spiro atoms. The van der Waals surface area contributed by atoms with Crippen molar-refractivity contribution in [3.63, 3.8) is 0 Å². The standard InChI is InChI=1S/C20H30N2O3/c1-16(2)15-25-19-9-5-4-8-18(19)20(23)21-13-17-7-6-10-22(14-17)11-12-24-3/h4-5,8-9,17H,1,6-7,10-15H2,2-3H3,(H,21,23)/t17-/m0/s1. The van der Waals surface area contributed by atoms with Gasteiger partial charge in [0.05, 0.1) is 12.2 Å². The molecule has 1 amide bonds. The van der Waals surface area contributed by atoms with Crippen LogP contribution >= 0.6 is 0 Å². The maximum absolute atomic E-state index is 12.6. The Labute approximate surface area is 151 Å². The highest BCUT2D eigenvalue weighted by molar-refractivity contribution is 5.96. The predicted octanol–water partition coefficient (Wildman–Crippen LogP) is 2.73. The second-order valence-corrected chi connectivity index (χ2v) is 6.75. The third-order valence-corrected chi connectivity index (χ3v) is 4.37. The van der Waals surface area contributed by atoms with Gasteiger partial charge in [0.2, 0.25) is 0 Å². The number of carbonyl (C=O) groups is 1. The highest BCUT2D eigenvalue weighted by Crippen LogP contribution is 2.19. The van der Waals surface area contributed by atoms with Crippen molar-refractivity contribution in [2.45, 2.75) is 19.8 Å². The number of hydrogen-bond acceptors (Lipinski definition) is 4. The van der Waals surface area contributed by atoms with Crippen LogP contribution in [0, 0.1) is 5.92 Å². The Hall–Kier alpha value is -1.85. The Balaban J connectivity index is 1.86. The van der Waals surface area contributed by atoms with E-state index in [4.69, 9.17) is 9.47 Å². The summed E-state index contributed by atoms with van der Waals surface area (Å²) in [4.78, 5) is 15.0. The Bertz CT molecular complexity index is 574. The Kier molecular flexibility index (Phi) is 7.95. The molecular weight excluding hydrogens is 316 g/mol. The van der Waals surface area contributed by atoms with Gasteiger partial charge in [-0.3, -0.25) is 4.79 Å². The Morgan fingerprint density at radius 2 is 2.20 bits per heavy atom. The molecule has 1 aromatic carbocycles. The van der Waals surface area contributed by atoms with Gasteiger partial charge in [0.1, 0.15) is 12.4 Å². The second-order valence-electron chi connectivity index (χ2n) is 6.75. The zero-order valence-electron chi connectivity index (χ0n) is 15.4. The van der Waals surface area contributed by atoms with Crippen molar-refractivity contribution in [1.82, 2.24) is 10.2 Å². The van der Waals surface area contributed by atoms with Gasteiger partial charge < -0.3 is 19.7 Å². The van der Waals surface area contributed by atoms with Crippen LogP contribution in [0.15, 0.2) is 36.4 Å². The van der Waals surface area contributed by atoms with Crippen LogP contribution in [0.1, 0.15) is 30.1 Å². The summed E-state index contributed by atoms with van der Waals surface area (Å²) in [6.45, 7) is 10.7. The lowest BCUT2D eigenvalue weighted by Crippen LogP contribution is -2.42. The van der Waals surface area contributed by atoms with Gasteiger partial charge in [-0.25, -0.2) is 0 Å². The lowest BCUT2D eigenvalue weighted by Gasteiger charge is -2.32. The summed E-state index contributed by atoms with van der Waals surface area (Å²) in [7, 11) is 1.73. The van der Waals surface area contributed by atoms with E-state index in [0.29, 0.717) is 30.4 Å². The van der Waals surface area contributed by atoms with E-state index in [1.54, 1.807) is 13.2 Å². The molecule has 0 bridgehead atoms. The number of piperidine rings is 1. The van der Waals surface area contributed by atoms with Crippen molar-refractivity contribution in [1.29, 1.82) is 0 Å². The second kappa shape index (κ2) is 10.2. The van der Waals surface area contributed by atoms with E-state index in [1.807, 2.05) is 25.1 Å². The zero-order chi connectivity index (χ0) is 18.1. The number of amides is 1. The van der Waals surface area contributed by atoms with E-state index in [1.165, 1.54) is 6.42 Å². The zero-order valence-corrected chi connectivity index (χ0v) is 15.4. The SMILES string of the molecule is C=C(C)COc1ccccc1C(=O)NC[C@@H]1CCCN(CCOC)C1. The van der Waals surface area contributed by atoms with Crippen LogP contribution in [-0.2, 0) is 4.74 Å². The highest BCUT2D eigenvalue weighted by Gasteiger charge is 2.21. The molecule has 2 rings (SSSR count). The summed E-state index contributed by atoms with van der Waals surface area (Å²) in [5, 5.41) is 3.07. The number of likely N-dealkylation sites (tertiary alicyclic amines) is 1. The van der Waals surface area contributed by atoms with Gasteiger partial charge >= 0.3 is 0 Å². The summed E-state index contributed by atoms with van der Waals surface area (Å²) in [5.74, 6) is 1.01. The van der Waals surface area contributed by atoms with E-state index < -0.39 is 0 Å². The number of rotatable bonds is 9. The molecule has 0 aromatic heterocycles. The van der Waals surface area contributed by atoms with E-state index in [9.17, 15) is 4.79 Å². The molecule has 0 aliphatic carbocycles. The third kappa shape index (κ3) is 6.52. The van der Waals surface area contributed by atoms with Crippen LogP contribution in [0.25, 0.3) is 0 Å². The van der Waals surface area contributed by atoms with E-state index in [0.717, 1.165) is 38.2 Å². The summed E-state index contributed by atoms with van der Waals surface area (Å²) in [6.07, 6.45) is 2.32. The molecule has 138 valence electrons. The Morgan fingerprint density at radius 3 is 2.96 bits per heavy atom. The molecule has 1 aliphatic heterocycles. The van der Waals surface area contributed by atoms with Gasteiger partial charge in [0, 0.05) is 26.7 Å². The Morgan fingerprint density at radius 1 is 1.40 bits per heavy atom. The van der Waals surface area contributed by atoms with E-state index in [-0.39, 0.29) is 5.91 Å². The quantitative estimate of drug-likeness (QED) is 0.699. The van der Waals surface area contributed by atoms with Gasteiger partial charge in [-0.15, -0.1) is 0 Å². The van der Waals surface area contributed by atoms with Crippen molar-refractivity contribution in [3.05, 3.63) is 42.0 Å². The predicted molar refractivity (Wildman–Crippen MR) is 100 cm³/mol. The summed E-state index contributed by atoms with van der Waals surface area (Å²) >= 11 is 0. The first-order valence-corrected chi connectivity index (χ1v) is 8.96. The molecule has 25 heavy (non-hydrogen) atoms. The molecule has 0 saturated carbocycles. The summed E-state index contributed by atoms with van der Waals surface area (Å²) < 4.78 is 10.8. The number of benzene rings is 1. The topological polar surface area (TPSA) is 50.8 Å². The molecule has 1 aromatic rings. The average Bonchev–Trinajstić information content (AvgIpc) is 2.63. The average molecular weight is 346 g/mol. The highest BCUT2D eigenvalue weighted by atomic mass is 16.5. The van der Waals surface area contributed by atoms with E-state index in [2.05, 4.69) is 16.8 Å². The van der Waals surface area contributed by atoms with Gasteiger partial charge in [0.25, 0.3) is 5.91 Å². The lowest BCUT2D eigenvalue weighted by atomic mass is 9.98. The van der Waals surface area contributed by atoms with Crippen molar-refractivity contribution in [2.24, 2.45) is 5.92 Å². The monoisotopic (exact) mass is 346 g/mol. The van der Waals surface area contributed by atoms with Crippen LogP contribution in [-0.4, -0.2) is 57.3 Å². The molecule has 0 radical (unpaired) electrons. The minimum Gasteiger partial charge on any atom is -0.488 e. The molecular formula is C20H30N2O3. The maximum Gasteiger partial charge on any atom is 0.255 e. The number of nitrogens with zero attached hydrogens (tertiary/aromatic N) is 1. The number of carbonyl (C=O) groups excluding carboxylic acids is 1. The van der Waals surface area contributed by atoms with Crippen LogP contribution in [0.5, 0.6) is 5.75 Å². The fraction of sp³-hybridized carbons (Fsp3) is 0.550. The van der Waals surface area contributed by atoms with Gasteiger partial charge in [0.15, 0.2) is 0 Å². The van der Waals surface area contributed by atoms with Crippen molar-refractivity contribution in [2.75, 3.05) is 46.5 Å². The molecule has 1 fully saturated rings. The first-order chi connectivity index (χ1) is 12.1. The lowest BCUT2D eigenvalue weighted by molar-refractivity contribution is 0.0909. The fourth-order valence-electron chi connectivity index (χ4n) is 3.05. The molecule has 1 saturated heterocycles. The number of methoxy groups -OCH3 is 1. The molecule has 1 atom stereocenters. The number of hydrogen-bond donors (Lipinski definition) is 1. The maximum atomic E-state index is 12.6. The van der Waals surface area contributed by atoms with Crippen LogP contribution in [0.4, 0.5) is 0 Å². The normalized spacial score (nSPS) is 17.9.